The van der Waals surface area contributed by atoms with Crippen LogP contribution in [0.2, 0.25) is 0 Å². The maximum atomic E-state index is 13.0. The van der Waals surface area contributed by atoms with Gasteiger partial charge in [-0.1, -0.05) is 18.2 Å². The van der Waals surface area contributed by atoms with Gasteiger partial charge in [-0.25, -0.2) is 9.37 Å². The van der Waals surface area contributed by atoms with Gasteiger partial charge in [0.1, 0.15) is 23.1 Å². The molecule has 4 rings (SSSR count). The number of hydrogen-bond donors (Lipinski definition) is 2. The monoisotopic (exact) mass is 372 g/mol. The van der Waals surface area contributed by atoms with E-state index in [0.717, 1.165) is 17.2 Å². The van der Waals surface area contributed by atoms with Crippen LogP contribution in [0, 0.1) is 5.82 Å². The molecule has 28 heavy (non-hydrogen) atoms. The van der Waals surface area contributed by atoms with Crippen molar-refractivity contribution < 1.29 is 9.13 Å². The van der Waals surface area contributed by atoms with Crippen LogP contribution < -0.4 is 15.4 Å². The van der Waals surface area contributed by atoms with Crippen LogP contribution in [0.15, 0.2) is 91.1 Å². The first kappa shape index (κ1) is 17.5. The van der Waals surface area contributed by atoms with Crippen LogP contribution in [-0.4, -0.2) is 9.97 Å². The molecule has 138 valence electrons. The number of anilines is 4. The highest BCUT2D eigenvalue weighted by Gasteiger charge is 2.02. The maximum Gasteiger partial charge on any atom is 0.229 e. The van der Waals surface area contributed by atoms with Crippen LogP contribution in [-0.2, 0) is 0 Å². The summed E-state index contributed by atoms with van der Waals surface area (Å²) in [6, 6.07) is 25.0. The second-order valence-corrected chi connectivity index (χ2v) is 5.96. The zero-order chi connectivity index (χ0) is 19.2. The minimum absolute atomic E-state index is 0.290. The number of nitrogens with one attached hydrogen (secondary N) is 2. The molecule has 0 amide bonds. The van der Waals surface area contributed by atoms with Crippen LogP contribution in [0.3, 0.4) is 0 Å². The van der Waals surface area contributed by atoms with E-state index in [-0.39, 0.29) is 5.82 Å². The number of hydrogen-bond acceptors (Lipinski definition) is 5. The number of aromatic nitrogens is 2. The second-order valence-electron chi connectivity index (χ2n) is 5.96. The molecule has 0 bridgehead atoms. The SMILES string of the molecule is Fc1ccc(Nc2nccc(Nc3ccc(Oc4ccccc4)cc3)n2)cc1. The highest BCUT2D eigenvalue weighted by atomic mass is 19.1. The predicted octanol–water partition coefficient (Wildman–Crippen LogP) is 5.90. The standard InChI is InChI=1S/C22H17FN4O/c23-16-6-8-18(9-7-16)26-22-24-15-14-21(27-22)25-17-10-12-20(13-11-17)28-19-4-2-1-3-5-19/h1-15H,(H2,24,25,26,27). The third-order valence-corrected chi connectivity index (χ3v) is 3.86. The Balaban J connectivity index is 1.42. The van der Waals surface area contributed by atoms with E-state index < -0.39 is 0 Å². The largest absolute Gasteiger partial charge is 0.457 e. The van der Waals surface area contributed by atoms with Crippen LogP contribution >= 0.6 is 0 Å². The Morgan fingerprint density at radius 1 is 0.679 bits per heavy atom. The van der Waals surface area contributed by atoms with Crippen molar-refractivity contribution in [1.82, 2.24) is 9.97 Å². The molecule has 2 N–H and O–H groups in total. The van der Waals surface area contributed by atoms with Crippen molar-refractivity contribution in [3.63, 3.8) is 0 Å². The van der Waals surface area contributed by atoms with E-state index in [4.69, 9.17) is 4.74 Å². The van der Waals surface area contributed by atoms with Crippen LogP contribution in [0.5, 0.6) is 11.5 Å². The molecule has 0 saturated carbocycles. The Morgan fingerprint density at radius 2 is 1.32 bits per heavy atom. The lowest BCUT2D eigenvalue weighted by Gasteiger charge is -2.10. The first-order valence-corrected chi connectivity index (χ1v) is 8.70. The van der Waals surface area contributed by atoms with Crippen molar-refractivity contribution in [2.45, 2.75) is 0 Å². The molecular weight excluding hydrogens is 355 g/mol. The van der Waals surface area contributed by atoms with Gasteiger partial charge in [-0.3, -0.25) is 0 Å². The highest BCUT2D eigenvalue weighted by Crippen LogP contribution is 2.24. The molecule has 3 aromatic carbocycles. The summed E-state index contributed by atoms with van der Waals surface area (Å²) in [7, 11) is 0. The normalized spacial score (nSPS) is 10.3. The quantitative estimate of drug-likeness (QED) is 0.442. The lowest BCUT2D eigenvalue weighted by Crippen LogP contribution is -2.00. The molecule has 6 heteroatoms. The van der Waals surface area contributed by atoms with Crippen LogP contribution in [0.1, 0.15) is 0 Å². The molecule has 0 unspecified atom stereocenters. The smallest absolute Gasteiger partial charge is 0.229 e. The molecule has 4 aromatic rings. The number of benzene rings is 3. The summed E-state index contributed by atoms with van der Waals surface area (Å²) < 4.78 is 18.8. The Morgan fingerprint density at radius 3 is 2.07 bits per heavy atom. The summed E-state index contributed by atoms with van der Waals surface area (Å²) >= 11 is 0. The summed E-state index contributed by atoms with van der Waals surface area (Å²) in [4.78, 5) is 8.60. The number of nitrogens with zero attached hydrogens (tertiary/aromatic N) is 2. The van der Waals surface area contributed by atoms with Crippen molar-refractivity contribution in [3.8, 4) is 11.5 Å². The van der Waals surface area contributed by atoms with Crippen molar-refractivity contribution in [2.75, 3.05) is 10.6 Å². The van der Waals surface area contributed by atoms with Gasteiger partial charge in [-0.2, -0.15) is 4.98 Å². The molecule has 1 heterocycles. The van der Waals surface area contributed by atoms with Gasteiger partial charge in [-0.05, 0) is 66.7 Å². The molecule has 0 atom stereocenters. The van der Waals surface area contributed by atoms with E-state index in [1.54, 1.807) is 24.4 Å². The Bertz CT molecular complexity index is 1040. The van der Waals surface area contributed by atoms with E-state index in [0.29, 0.717) is 17.5 Å². The molecule has 0 saturated heterocycles. The number of para-hydroxylation sites is 1. The first-order chi connectivity index (χ1) is 13.7. The third-order valence-electron chi connectivity index (χ3n) is 3.86. The fourth-order valence-corrected chi connectivity index (χ4v) is 2.53. The van der Waals surface area contributed by atoms with Gasteiger partial charge in [-0.15, -0.1) is 0 Å². The van der Waals surface area contributed by atoms with Gasteiger partial charge in [0.15, 0.2) is 0 Å². The Labute approximate surface area is 161 Å². The topological polar surface area (TPSA) is 59.1 Å². The molecular formula is C22H17FN4O. The van der Waals surface area contributed by atoms with E-state index in [9.17, 15) is 4.39 Å². The summed E-state index contributed by atoms with van der Waals surface area (Å²) in [5.41, 5.74) is 1.58. The molecule has 5 nitrogen and oxygen atoms in total. The number of rotatable bonds is 6. The van der Waals surface area contributed by atoms with Gasteiger partial charge in [0.05, 0.1) is 0 Å². The number of halogens is 1. The molecule has 0 fully saturated rings. The average Bonchev–Trinajstić information content (AvgIpc) is 2.72. The Kier molecular flexibility index (Phi) is 5.11. The molecule has 0 aliphatic heterocycles. The molecule has 0 radical (unpaired) electrons. The van der Waals surface area contributed by atoms with E-state index in [1.165, 1.54) is 12.1 Å². The molecule has 0 aliphatic rings. The zero-order valence-electron chi connectivity index (χ0n) is 14.8. The maximum absolute atomic E-state index is 13.0. The predicted molar refractivity (Wildman–Crippen MR) is 108 cm³/mol. The van der Waals surface area contributed by atoms with Gasteiger partial charge in [0.2, 0.25) is 5.95 Å². The van der Waals surface area contributed by atoms with Crippen molar-refractivity contribution in [2.24, 2.45) is 0 Å². The van der Waals surface area contributed by atoms with Crippen molar-refractivity contribution in [3.05, 3.63) is 96.9 Å². The molecule has 0 aliphatic carbocycles. The second kappa shape index (κ2) is 8.18. The highest BCUT2D eigenvalue weighted by molar-refractivity contribution is 5.60. The minimum Gasteiger partial charge on any atom is -0.457 e. The number of ether oxygens (including phenoxy) is 1. The van der Waals surface area contributed by atoms with E-state index >= 15 is 0 Å². The summed E-state index contributed by atoms with van der Waals surface area (Å²) in [6.45, 7) is 0. The van der Waals surface area contributed by atoms with E-state index in [2.05, 4.69) is 20.6 Å². The molecule has 1 aromatic heterocycles. The lowest BCUT2D eigenvalue weighted by molar-refractivity contribution is 0.483. The lowest BCUT2D eigenvalue weighted by atomic mass is 10.3. The van der Waals surface area contributed by atoms with Gasteiger partial charge < -0.3 is 15.4 Å². The Hall–Kier alpha value is -3.93. The van der Waals surface area contributed by atoms with Crippen LogP contribution in [0.25, 0.3) is 0 Å². The van der Waals surface area contributed by atoms with Crippen molar-refractivity contribution >= 4 is 23.1 Å². The van der Waals surface area contributed by atoms with Gasteiger partial charge >= 0.3 is 0 Å². The van der Waals surface area contributed by atoms with E-state index in [1.807, 2.05) is 54.6 Å². The fraction of sp³-hybridized carbons (Fsp3) is 0. The van der Waals surface area contributed by atoms with Gasteiger partial charge in [0, 0.05) is 17.6 Å². The summed E-state index contributed by atoms with van der Waals surface area (Å²) in [5, 5.41) is 6.27. The fourth-order valence-electron chi connectivity index (χ4n) is 2.53. The molecule has 0 spiro atoms. The minimum atomic E-state index is -0.290. The summed E-state index contributed by atoms with van der Waals surface area (Å²) in [6.07, 6.45) is 1.65. The van der Waals surface area contributed by atoms with Gasteiger partial charge in [0.25, 0.3) is 0 Å². The first-order valence-electron chi connectivity index (χ1n) is 8.70. The van der Waals surface area contributed by atoms with Crippen molar-refractivity contribution in [1.29, 1.82) is 0 Å². The van der Waals surface area contributed by atoms with Crippen LogP contribution in [0.4, 0.5) is 27.5 Å². The summed E-state index contributed by atoms with van der Waals surface area (Å²) in [5.74, 6) is 2.30. The average molecular weight is 372 g/mol. The zero-order valence-corrected chi connectivity index (χ0v) is 14.8. The third kappa shape index (κ3) is 4.62.